The maximum Gasteiger partial charge on any atom is 0.267 e. The number of aromatic nitrogens is 2. The van der Waals surface area contributed by atoms with E-state index in [9.17, 15) is 9.59 Å². The third kappa shape index (κ3) is 4.35. The number of ether oxygens (including phenoxy) is 1. The fraction of sp³-hybridized carbons (Fsp3) is 0.269. The molecule has 2 aromatic carbocycles. The smallest absolute Gasteiger partial charge is 0.267 e. The highest BCUT2D eigenvalue weighted by Crippen LogP contribution is 2.36. The van der Waals surface area contributed by atoms with Gasteiger partial charge in [0, 0.05) is 10.6 Å². The van der Waals surface area contributed by atoms with Crippen molar-refractivity contribution in [2.45, 2.75) is 38.3 Å². The summed E-state index contributed by atoms with van der Waals surface area (Å²) in [6.07, 6.45) is 3.00. The predicted octanol–water partition coefficient (Wildman–Crippen LogP) is 5.37. The Balaban J connectivity index is 1.51. The van der Waals surface area contributed by atoms with Crippen molar-refractivity contribution < 1.29 is 9.53 Å². The van der Waals surface area contributed by atoms with Crippen molar-refractivity contribution >= 4 is 44.9 Å². The highest BCUT2D eigenvalue weighted by molar-refractivity contribution is 7.99. The molecule has 1 aliphatic carbocycles. The number of hydrogen-bond donors (Lipinski definition) is 1. The average molecular weight is 492 g/mol. The molecule has 2 aromatic heterocycles. The first-order valence-electron chi connectivity index (χ1n) is 11.3. The van der Waals surface area contributed by atoms with Crippen LogP contribution in [0.1, 0.15) is 29.3 Å². The lowest BCUT2D eigenvalue weighted by Crippen LogP contribution is -2.23. The van der Waals surface area contributed by atoms with Crippen molar-refractivity contribution in [1.82, 2.24) is 9.55 Å². The fourth-order valence-corrected chi connectivity index (χ4v) is 6.35. The number of nitrogens with zero attached hydrogens (tertiary/aromatic N) is 2. The molecule has 0 bridgehead atoms. The third-order valence-electron chi connectivity index (χ3n) is 5.87. The highest BCUT2D eigenvalue weighted by Gasteiger charge is 2.24. The second-order valence-electron chi connectivity index (χ2n) is 8.15. The molecule has 0 radical (unpaired) electrons. The normalized spacial score (nSPS) is 12.6. The molecule has 4 aromatic rings. The van der Waals surface area contributed by atoms with Gasteiger partial charge in [-0.15, -0.1) is 11.3 Å². The van der Waals surface area contributed by atoms with E-state index in [1.165, 1.54) is 16.6 Å². The van der Waals surface area contributed by atoms with Gasteiger partial charge in [0.1, 0.15) is 10.6 Å². The van der Waals surface area contributed by atoms with Crippen LogP contribution in [-0.4, -0.2) is 27.8 Å². The molecule has 0 unspecified atom stereocenters. The van der Waals surface area contributed by atoms with Gasteiger partial charge in [-0.1, -0.05) is 30.0 Å². The summed E-state index contributed by atoms with van der Waals surface area (Å²) in [6.45, 7) is 4.47. The van der Waals surface area contributed by atoms with Crippen LogP contribution in [0.25, 0.3) is 15.9 Å². The van der Waals surface area contributed by atoms with Gasteiger partial charge in [0.15, 0.2) is 5.16 Å². The molecule has 1 N–H and O–H groups in total. The van der Waals surface area contributed by atoms with Crippen LogP contribution in [0.5, 0.6) is 5.75 Å². The zero-order valence-electron chi connectivity index (χ0n) is 19.1. The van der Waals surface area contributed by atoms with E-state index in [0.717, 1.165) is 52.0 Å². The average Bonchev–Trinajstić information content (AvgIpc) is 3.41. The molecule has 1 amide bonds. The predicted molar refractivity (Wildman–Crippen MR) is 139 cm³/mol. The van der Waals surface area contributed by atoms with Gasteiger partial charge in [-0.25, -0.2) is 4.98 Å². The Morgan fingerprint density at radius 2 is 1.97 bits per heavy atom. The first kappa shape index (κ1) is 22.7. The van der Waals surface area contributed by atoms with Gasteiger partial charge >= 0.3 is 0 Å². The number of carbonyl (C=O) groups excluding carboxylic acids is 1. The summed E-state index contributed by atoms with van der Waals surface area (Å²) in [6, 6.07) is 15.1. The Morgan fingerprint density at radius 1 is 1.18 bits per heavy atom. The molecule has 34 heavy (non-hydrogen) atoms. The van der Waals surface area contributed by atoms with Gasteiger partial charge in [0.2, 0.25) is 5.91 Å². The summed E-state index contributed by atoms with van der Waals surface area (Å²) < 4.78 is 7.20. The number of nitrogens with one attached hydrogen (secondary N) is 1. The van der Waals surface area contributed by atoms with E-state index in [-0.39, 0.29) is 17.2 Å². The van der Waals surface area contributed by atoms with Gasteiger partial charge in [0.05, 0.1) is 23.4 Å². The second-order valence-corrected chi connectivity index (χ2v) is 10.2. The van der Waals surface area contributed by atoms with Gasteiger partial charge < -0.3 is 10.1 Å². The third-order valence-corrected chi connectivity index (χ3v) is 7.99. The van der Waals surface area contributed by atoms with Gasteiger partial charge in [-0.3, -0.25) is 14.2 Å². The Morgan fingerprint density at radius 3 is 2.74 bits per heavy atom. The number of benzene rings is 2. The summed E-state index contributed by atoms with van der Waals surface area (Å²) in [5.41, 5.74) is 3.57. The Bertz CT molecular complexity index is 1420. The number of rotatable bonds is 7. The number of anilines is 1. The summed E-state index contributed by atoms with van der Waals surface area (Å²) in [4.78, 5) is 33.3. The molecule has 0 aliphatic heterocycles. The Labute approximate surface area is 206 Å². The van der Waals surface area contributed by atoms with Gasteiger partial charge in [-0.05, 0) is 74.6 Å². The first-order valence-corrected chi connectivity index (χ1v) is 13.1. The Kier molecular flexibility index (Phi) is 6.43. The summed E-state index contributed by atoms with van der Waals surface area (Å²) in [7, 11) is 0. The second kappa shape index (κ2) is 9.64. The molecule has 0 saturated carbocycles. The van der Waals surface area contributed by atoms with Crippen molar-refractivity contribution in [3.63, 3.8) is 0 Å². The van der Waals surface area contributed by atoms with E-state index in [4.69, 9.17) is 9.72 Å². The van der Waals surface area contributed by atoms with E-state index in [1.807, 2.05) is 62.4 Å². The zero-order chi connectivity index (χ0) is 23.7. The van der Waals surface area contributed by atoms with Crippen LogP contribution < -0.4 is 15.6 Å². The standard InChI is InChI=1S/C26H25N3O3S2/c1-3-32-18-13-11-17(12-14-18)29-25(31)23-19-8-6-10-21(19)34-24(23)28-26(29)33-15-22(30)27-20-9-5-4-7-16(20)2/h4-5,7,9,11-14H,3,6,8,10,15H2,1-2H3,(H,27,30). The van der Waals surface area contributed by atoms with Crippen LogP contribution >= 0.6 is 23.1 Å². The van der Waals surface area contributed by atoms with Crippen molar-refractivity contribution in [2.75, 3.05) is 17.7 Å². The number of amides is 1. The minimum Gasteiger partial charge on any atom is -0.494 e. The topological polar surface area (TPSA) is 73.2 Å². The maximum absolute atomic E-state index is 13.7. The van der Waals surface area contributed by atoms with Crippen molar-refractivity contribution in [2.24, 2.45) is 0 Å². The number of aryl methyl sites for hydroxylation is 3. The number of thiophene rings is 1. The minimum absolute atomic E-state index is 0.0737. The summed E-state index contributed by atoms with van der Waals surface area (Å²) in [5, 5.41) is 4.19. The van der Waals surface area contributed by atoms with Crippen LogP contribution in [0.3, 0.4) is 0 Å². The summed E-state index contributed by atoms with van der Waals surface area (Å²) >= 11 is 2.88. The monoisotopic (exact) mass is 491 g/mol. The van der Waals surface area contributed by atoms with Crippen molar-refractivity contribution in [1.29, 1.82) is 0 Å². The fourth-order valence-electron chi connectivity index (χ4n) is 4.24. The van der Waals surface area contributed by atoms with Crippen LogP contribution in [0.2, 0.25) is 0 Å². The number of fused-ring (bicyclic) bond motifs is 3. The summed E-state index contributed by atoms with van der Waals surface area (Å²) in [5.74, 6) is 0.756. The molecule has 1 aliphatic rings. The number of thioether (sulfide) groups is 1. The highest BCUT2D eigenvalue weighted by atomic mass is 32.2. The van der Waals surface area contributed by atoms with Crippen molar-refractivity contribution in [3.05, 3.63) is 74.9 Å². The van der Waals surface area contributed by atoms with E-state index >= 15 is 0 Å². The van der Waals surface area contributed by atoms with Crippen molar-refractivity contribution in [3.8, 4) is 11.4 Å². The van der Waals surface area contributed by atoms with E-state index in [0.29, 0.717) is 17.5 Å². The van der Waals surface area contributed by atoms with Crippen LogP contribution in [0.4, 0.5) is 5.69 Å². The number of carbonyl (C=O) groups is 1. The molecule has 0 spiro atoms. The SMILES string of the molecule is CCOc1ccc(-n2c(SCC(=O)Nc3ccccc3C)nc3sc4c(c3c2=O)CCC4)cc1. The lowest BCUT2D eigenvalue weighted by Gasteiger charge is -2.13. The molecule has 0 fully saturated rings. The molecule has 5 rings (SSSR count). The van der Waals surface area contributed by atoms with Gasteiger partial charge in [0.25, 0.3) is 5.56 Å². The quantitative estimate of drug-likeness (QED) is 0.278. The molecular formula is C26H25N3O3S2. The van der Waals surface area contributed by atoms with Crippen LogP contribution in [-0.2, 0) is 17.6 Å². The van der Waals surface area contributed by atoms with E-state index in [1.54, 1.807) is 15.9 Å². The Hall–Kier alpha value is -3.10. The van der Waals surface area contributed by atoms with E-state index in [2.05, 4.69) is 5.32 Å². The van der Waals surface area contributed by atoms with Crippen LogP contribution in [0.15, 0.2) is 58.5 Å². The number of para-hydroxylation sites is 1. The molecule has 0 saturated heterocycles. The molecule has 6 nitrogen and oxygen atoms in total. The largest absolute Gasteiger partial charge is 0.494 e. The first-order chi connectivity index (χ1) is 16.5. The van der Waals surface area contributed by atoms with Crippen LogP contribution in [0, 0.1) is 6.92 Å². The molecule has 8 heteroatoms. The zero-order valence-corrected chi connectivity index (χ0v) is 20.7. The molecule has 2 heterocycles. The molecule has 174 valence electrons. The number of hydrogen-bond acceptors (Lipinski definition) is 6. The lowest BCUT2D eigenvalue weighted by molar-refractivity contribution is -0.113. The maximum atomic E-state index is 13.7. The minimum atomic E-state index is -0.138. The van der Waals surface area contributed by atoms with E-state index < -0.39 is 0 Å². The molecule has 0 atom stereocenters. The molecular weight excluding hydrogens is 466 g/mol. The van der Waals surface area contributed by atoms with Gasteiger partial charge in [-0.2, -0.15) is 0 Å². The lowest BCUT2D eigenvalue weighted by atomic mass is 10.2.